The molecule has 0 saturated heterocycles. The zero-order valence-electron chi connectivity index (χ0n) is 11.6. The lowest BCUT2D eigenvalue weighted by Gasteiger charge is -2.09. The van der Waals surface area contributed by atoms with Gasteiger partial charge in [0.2, 0.25) is 0 Å². The average molecular weight is 295 g/mol. The first kappa shape index (κ1) is 15.4. The molecule has 0 aliphatic carbocycles. The Morgan fingerprint density at radius 3 is 2.57 bits per heavy atom. The van der Waals surface area contributed by atoms with E-state index < -0.39 is 11.7 Å². The van der Waals surface area contributed by atoms with Crippen molar-refractivity contribution in [2.24, 2.45) is 5.73 Å². The summed E-state index contributed by atoms with van der Waals surface area (Å²) in [6, 6.07) is 7.07. The number of alkyl halides is 3. The molecule has 0 spiro atoms. The lowest BCUT2D eigenvalue weighted by Crippen LogP contribution is -2.09. The molecule has 0 unspecified atom stereocenters. The Hall–Kier alpha value is -1.95. The molecule has 0 saturated carbocycles. The highest BCUT2D eigenvalue weighted by Crippen LogP contribution is 2.29. The van der Waals surface area contributed by atoms with Gasteiger partial charge in [-0.3, -0.25) is 0 Å². The van der Waals surface area contributed by atoms with Gasteiger partial charge in [-0.25, -0.2) is 9.97 Å². The van der Waals surface area contributed by atoms with Gasteiger partial charge in [-0.1, -0.05) is 18.2 Å². The van der Waals surface area contributed by atoms with Crippen molar-refractivity contribution in [3.63, 3.8) is 0 Å². The number of hydrogen-bond acceptors (Lipinski definition) is 3. The molecule has 0 fully saturated rings. The van der Waals surface area contributed by atoms with Crippen LogP contribution < -0.4 is 5.73 Å². The molecule has 1 aromatic heterocycles. The van der Waals surface area contributed by atoms with E-state index in [9.17, 15) is 13.2 Å². The van der Waals surface area contributed by atoms with Gasteiger partial charge in [0.25, 0.3) is 0 Å². The minimum absolute atomic E-state index is 0.267. The van der Waals surface area contributed by atoms with E-state index in [1.54, 1.807) is 6.07 Å². The molecule has 0 atom stereocenters. The van der Waals surface area contributed by atoms with E-state index in [-0.39, 0.29) is 6.42 Å². The molecule has 0 radical (unpaired) electrons. The average Bonchev–Trinajstić information content (AvgIpc) is 2.37. The number of nitrogens with zero attached hydrogens (tertiary/aromatic N) is 2. The van der Waals surface area contributed by atoms with Crippen molar-refractivity contribution in [3.8, 4) is 0 Å². The Morgan fingerprint density at radius 2 is 1.90 bits per heavy atom. The van der Waals surface area contributed by atoms with E-state index >= 15 is 0 Å². The van der Waals surface area contributed by atoms with Gasteiger partial charge in [0.15, 0.2) is 0 Å². The molecule has 21 heavy (non-hydrogen) atoms. The van der Waals surface area contributed by atoms with E-state index in [1.165, 1.54) is 6.07 Å². The van der Waals surface area contributed by atoms with Crippen LogP contribution in [0.1, 0.15) is 28.3 Å². The highest BCUT2D eigenvalue weighted by Gasteiger charge is 2.30. The molecule has 2 N–H and O–H groups in total. The van der Waals surface area contributed by atoms with Crippen molar-refractivity contribution in [1.82, 2.24) is 9.97 Å². The summed E-state index contributed by atoms with van der Waals surface area (Å²) >= 11 is 0. The molecule has 0 amide bonds. The van der Waals surface area contributed by atoms with Crippen molar-refractivity contribution in [2.45, 2.75) is 25.9 Å². The molecule has 0 aliphatic heterocycles. The van der Waals surface area contributed by atoms with Crippen LogP contribution in [0.2, 0.25) is 0 Å². The lowest BCUT2D eigenvalue weighted by molar-refractivity contribution is -0.137. The van der Waals surface area contributed by atoms with Crippen molar-refractivity contribution in [3.05, 3.63) is 58.7 Å². The molecule has 6 heteroatoms. The number of rotatable bonds is 4. The Labute approximate surface area is 121 Å². The maximum Gasteiger partial charge on any atom is 0.416 e. The van der Waals surface area contributed by atoms with E-state index in [0.29, 0.717) is 24.4 Å². The van der Waals surface area contributed by atoms with Gasteiger partial charge in [-0.2, -0.15) is 13.2 Å². The Bertz CT molecular complexity index is 624. The first-order valence-electron chi connectivity index (χ1n) is 6.58. The number of halogens is 3. The van der Waals surface area contributed by atoms with Gasteiger partial charge >= 0.3 is 6.18 Å². The predicted octanol–water partition coefficient (Wildman–Crippen LogP) is 2.90. The fourth-order valence-corrected chi connectivity index (χ4v) is 2.10. The Kier molecular flexibility index (Phi) is 4.57. The standard InChI is InChI=1S/C15H16F3N3/c1-10-7-13(5-6-19)21-14(20-10)9-11-3-2-4-12(8-11)15(16,17)18/h2-4,7-8H,5-6,9,19H2,1H3. The fourth-order valence-electron chi connectivity index (χ4n) is 2.10. The maximum atomic E-state index is 12.7. The van der Waals surface area contributed by atoms with Crippen LogP contribution in [0.4, 0.5) is 13.2 Å². The van der Waals surface area contributed by atoms with E-state index in [1.807, 2.05) is 13.0 Å². The second-order valence-corrected chi connectivity index (χ2v) is 4.83. The lowest BCUT2D eigenvalue weighted by atomic mass is 10.1. The molecular weight excluding hydrogens is 279 g/mol. The second-order valence-electron chi connectivity index (χ2n) is 4.83. The topological polar surface area (TPSA) is 51.8 Å². The van der Waals surface area contributed by atoms with Crippen LogP contribution in [-0.4, -0.2) is 16.5 Å². The van der Waals surface area contributed by atoms with Crippen LogP contribution in [0, 0.1) is 6.92 Å². The van der Waals surface area contributed by atoms with Crippen LogP contribution in [0.25, 0.3) is 0 Å². The highest BCUT2D eigenvalue weighted by atomic mass is 19.4. The minimum atomic E-state index is -4.34. The van der Waals surface area contributed by atoms with Crippen LogP contribution in [0.5, 0.6) is 0 Å². The maximum absolute atomic E-state index is 12.7. The third-order valence-corrected chi connectivity index (χ3v) is 2.97. The van der Waals surface area contributed by atoms with E-state index in [0.717, 1.165) is 23.5 Å². The number of aromatic nitrogens is 2. The molecule has 112 valence electrons. The number of aryl methyl sites for hydroxylation is 1. The van der Waals surface area contributed by atoms with Gasteiger partial charge in [-0.05, 0) is 31.2 Å². The summed E-state index contributed by atoms with van der Waals surface area (Å²) in [6.07, 6.45) is -3.45. The Balaban J connectivity index is 2.26. The number of nitrogens with two attached hydrogens (primary N) is 1. The first-order chi connectivity index (χ1) is 9.88. The largest absolute Gasteiger partial charge is 0.416 e. The zero-order valence-corrected chi connectivity index (χ0v) is 11.6. The monoisotopic (exact) mass is 295 g/mol. The molecule has 2 aromatic rings. The van der Waals surface area contributed by atoms with Crippen molar-refractivity contribution < 1.29 is 13.2 Å². The molecule has 3 nitrogen and oxygen atoms in total. The molecular formula is C15H16F3N3. The van der Waals surface area contributed by atoms with Gasteiger partial charge in [0, 0.05) is 24.2 Å². The third kappa shape index (κ3) is 4.26. The smallest absolute Gasteiger partial charge is 0.330 e. The summed E-state index contributed by atoms with van der Waals surface area (Å²) in [5.41, 5.74) is 6.97. The van der Waals surface area contributed by atoms with E-state index in [4.69, 9.17) is 5.73 Å². The molecule has 1 aromatic carbocycles. The summed E-state index contributed by atoms with van der Waals surface area (Å²) < 4.78 is 38.1. The Morgan fingerprint density at radius 1 is 1.14 bits per heavy atom. The molecule has 2 rings (SSSR count). The van der Waals surface area contributed by atoms with Gasteiger partial charge in [0.1, 0.15) is 5.82 Å². The van der Waals surface area contributed by atoms with Crippen molar-refractivity contribution in [2.75, 3.05) is 6.54 Å². The SMILES string of the molecule is Cc1cc(CCN)nc(Cc2cccc(C(F)(F)F)c2)n1. The first-order valence-corrected chi connectivity index (χ1v) is 6.58. The normalized spacial score (nSPS) is 11.7. The molecule has 0 bridgehead atoms. The minimum Gasteiger partial charge on any atom is -0.330 e. The molecule has 1 heterocycles. The number of benzene rings is 1. The third-order valence-electron chi connectivity index (χ3n) is 2.97. The summed E-state index contributed by atoms with van der Waals surface area (Å²) in [5.74, 6) is 0.512. The predicted molar refractivity (Wildman–Crippen MR) is 73.8 cm³/mol. The van der Waals surface area contributed by atoms with Crippen molar-refractivity contribution >= 4 is 0 Å². The van der Waals surface area contributed by atoms with Crippen molar-refractivity contribution in [1.29, 1.82) is 0 Å². The molecule has 0 aliphatic rings. The van der Waals surface area contributed by atoms with Gasteiger partial charge < -0.3 is 5.73 Å². The highest BCUT2D eigenvalue weighted by molar-refractivity contribution is 5.28. The summed E-state index contributed by atoms with van der Waals surface area (Å²) in [7, 11) is 0. The van der Waals surface area contributed by atoms with Crippen LogP contribution in [0.15, 0.2) is 30.3 Å². The summed E-state index contributed by atoms with van der Waals surface area (Å²) in [4.78, 5) is 8.61. The summed E-state index contributed by atoms with van der Waals surface area (Å²) in [5, 5.41) is 0. The van der Waals surface area contributed by atoms with Crippen LogP contribution >= 0.6 is 0 Å². The fraction of sp³-hybridized carbons (Fsp3) is 0.333. The summed E-state index contributed by atoms with van der Waals surface area (Å²) in [6.45, 7) is 2.30. The van der Waals surface area contributed by atoms with Gasteiger partial charge in [0.05, 0.1) is 5.56 Å². The number of hydrogen-bond donors (Lipinski definition) is 1. The van der Waals surface area contributed by atoms with Gasteiger partial charge in [-0.15, -0.1) is 0 Å². The zero-order chi connectivity index (χ0) is 15.5. The van der Waals surface area contributed by atoms with Crippen LogP contribution in [0.3, 0.4) is 0 Å². The quantitative estimate of drug-likeness (QED) is 0.943. The van der Waals surface area contributed by atoms with Crippen LogP contribution in [-0.2, 0) is 19.0 Å². The second kappa shape index (κ2) is 6.22. The van der Waals surface area contributed by atoms with E-state index in [2.05, 4.69) is 9.97 Å².